The first-order chi connectivity index (χ1) is 15.7. The Morgan fingerprint density at radius 2 is 1.88 bits per heavy atom. The van der Waals surface area contributed by atoms with Gasteiger partial charge in [0.05, 0.1) is 10.7 Å². The van der Waals surface area contributed by atoms with Crippen LogP contribution in [0.1, 0.15) is 11.1 Å². The van der Waals surface area contributed by atoms with E-state index in [1.165, 1.54) is 6.07 Å². The quantitative estimate of drug-likeness (QED) is 0.263. The molecule has 3 aromatic carbocycles. The van der Waals surface area contributed by atoms with E-state index in [1.807, 2.05) is 54.6 Å². The van der Waals surface area contributed by atoms with E-state index in [-0.39, 0.29) is 12.4 Å². The molecule has 0 saturated heterocycles. The Kier molecular flexibility index (Phi) is 7.71. The lowest BCUT2D eigenvalue weighted by Crippen LogP contribution is -2.16. The van der Waals surface area contributed by atoms with Gasteiger partial charge in [-0.15, -0.1) is 5.10 Å². The van der Waals surface area contributed by atoms with Gasteiger partial charge in [0.2, 0.25) is 5.16 Å². The Bertz CT molecular complexity index is 1140. The van der Waals surface area contributed by atoms with Crippen molar-refractivity contribution in [3.63, 3.8) is 0 Å². The number of tetrazole rings is 1. The summed E-state index contributed by atoms with van der Waals surface area (Å²) in [6.45, 7) is 1.54. The van der Waals surface area contributed by atoms with Gasteiger partial charge in [0.25, 0.3) is 0 Å². The van der Waals surface area contributed by atoms with Crippen LogP contribution in [0, 0.1) is 5.82 Å². The minimum absolute atomic E-state index is 0.0785. The van der Waals surface area contributed by atoms with Crippen molar-refractivity contribution < 1.29 is 9.13 Å². The van der Waals surface area contributed by atoms with E-state index in [0.717, 1.165) is 28.7 Å². The molecule has 0 unspecified atom stereocenters. The van der Waals surface area contributed by atoms with Crippen molar-refractivity contribution in [3.8, 4) is 11.4 Å². The largest absolute Gasteiger partial charge is 0.489 e. The fraction of sp³-hybridized carbons (Fsp3) is 0.174. The third kappa shape index (κ3) is 5.85. The van der Waals surface area contributed by atoms with Crippen molar-refractivity contribution in [2.24, 2.45) is 0 Å². The zero-order chi connectivity index (χ0) is 22.2. The van der Waals surface area contributed by atoms with Gasteiger partial charge in [0, 0.05) is 24.4 Å². The van der Waals surface area contributed by atoms with Crippen molar-refractivity contribution >= 4 is 23.4 Å². The Morgan fingerprint density at radius 3 is 2.72 bits per heavy atom. The second-order valence-electron chi connectivity index (χ2n) is 6.87. The van der Waals surface area contributed by atoms with Crippen LogP contribution < -0.4 is 10.1 Å². The van der Waals surface area contributed by atoms with Gasteiger partial charge in [-0.1, -0.05) is 59.8 Å². The van der Waals surface area contributed by atoms with Gasteiger partial charge in [-0.3, -0.25) is 0 Å². The van der Waals surface area contributed by atoms with Gasteiger partial charge in [0.15, 0.2) is 0 Å². The minimum atomic E-state index is -0.369. The number of hydrogen-bond donors (Lipinski definition) is 1. The molecule has 0 aliphatic heterocycles. The summed E-state index contributed by atoms with van der Waals surface area (Å²) in [6.07, 6.45) is 0. The highest BCUT2D eigenvalue weighted by molar-refractivity contribution is 7.99. The van der Waals surface area contributed by atoms with Crippen molar-refractivity contribution in [1.29, 1.82) is 0 Å². The van der Waals surface area contributed by atoms with E-state index in [4.69, 9.17) is 16.3 Å². The summed E-state index contributed by atoms with van der Waals surface area (Å²) in [6, 6.07) is 22.1. The maximum absolute atomic E-state index is 13.9. The minimum Gasteiger partial charge on any atom is -0.489 e. The van der Waals surface area contributed by atoms with E-state index >= 15 is 0 Å². The molecule has 0 fully saturated rings. The van der Waals surface area contributed by atoms with Crippen LogP contribution in [0.5, 0.6) is 5.75 Å². The predicted molar refractivity (Wildman–Crippen MR) is 124 cm³/mol. The number of hydrogen-bond acceptors (Lipinski definition) is 6. The molecule has 9 heteroatoms. The fourth-order valence-electron chi connectivity index (χ4n) is 3.02. The topological polar surface area (TPSA) is 64.9 Å². The number of rotatable bonds is 10. The van der Waals surface area contributed by atoms with Crippen molar-refractivity contribution in [2.75, 3.05) is 12.3 Å². The molecule has 4 rings (SSSR count). The molecule has 1 N–H and O–H groups in total. The van der Waals surface area contributed by atoms with Crippen LogP contribution >= 0.6 is 23.4 Å². The van der Waals surface area contributed by atoms with E-state index in [9.17, 15) is 4.39 Å². The lowest BCUT2D eigenvalue weighted by Gasteiger charge is -2.10. The average molecular weight is 470 g/mol. The van der Waals surface area contributed by atoms with Gasteiger partial charge in [-0.05, 0) is 52.4 Å². The van der Waals surface area contributed by atoms with Crippen LogP contribution in [0.3, 0.4) is 0 Å². The molecule has 0 amide bonds. The molecule has 0 spiro atoms. The zero-order valence-corrected chi connectivity index (χ0v) is 18.7. The number of halogens is 2. The lowest BCUT2D eigenvalue weighted by molar-refractivity contribution is 0.299. The molecule has 0 radical (unpaired) electrons. The van der Waals surface area contributed by atoms with Crippen LogP contribution in [0.2, 0.25) is 5.02 Å². The van der Waals surface area contributed by atoms with Gasteiger partial charge < -0.3 is 10.1 Å². The number of thioether (sulfide) groups is 1. The second-order valence-corrected chi connectivity index (χ2v) is 8.34. The normalized spacial score (nSPS) is 10.9. The zero-order valence-electron chi connectivity index (χ0n) is 17.1. The average Bonchev–Trinajstić information content (AvgIpc) is 3.28. The van der Waals surface area contributed by atoms with Gasteiger partial charge in [-0.2, -0.15) is 4.68 Å². The molecule has 4 aromatic rings. The first-order valence-electron chi connectivity index (χ1n) is 10.0. The number of para-hydroxylation sites is 1. The Morgan fingerprint density at radius 1 is 1.03 bits per heavy atom. The van der Waals surface area contributed by atoms with Gasteiger partial charge in [-0.25, -0.2) is 4.39 Å². The molecule has 32 heavy (non-hydrogen) atoms. The van der Waals surface area contributed by atoms with Crippen LogP contribution in [0.25, 0.3) is 5.69 Å². The molecule has 0 saturated carbocycles. The summed E-state index contributed by atoms with van der Waals surface area (Å²) in [5.74, 6) is 1.11. The van der Waals surface area contributed by atoms with Crippen LogP contribution in [0.4, 0.5) is 4.39 Å². The second kappa shape index (κ2) is 11.1. The van der Waals surface area contributed by atoms with E-state index in [1.54, 1.807) is 28.6 Å². The molecule has 1 aromatic heterocycles. The Labute approximate surface area is 194 Å². The first kappa shape index (κ1) is 22.3. The third-order valence-electron chi connectivity index (χ3n) is 4.62. The molecule has 6 nitrogen and oxygen atoms in total. The smallest absolute Gasteiger partial charge is 0.214 e. The molecule has 0 bridgehead atoms. The summed E-state index contributed by atoms with van der Waals surface area (Å²) in [5, 5.41) is 16.5. The Balaban J connectivity index is 1.24. The van der Waals surface area contributed by atoms with Crippen molar-refractivity contribution in [2.45, 2.75) is 18.3 Å². The maximum Gasteiger partial charge on any atom is 0.214 e. The number of benzene rings is 3. The third-order valence-corrected chi connectivity index (χ3v) is 5.90. The highest BCUT2D eigenvalue weighted by atomic mass is 35.5. The fourth-order valence-corrected chi connectivity index (χ4v) is 4.02. The monoisotopic (exact) mass is 469 g/mol. The first-order valence-corrected chi connectivity index (χ1v) is 11.4. The van der Waals surface area contributed by atoms with Crippen LogP contribution in [0.15, 0.2) is 78.0 Å². The SMILES string of the molecule is Fc1cccc(Cl)c1COc1cccc(CNCCSc2nnnn2-c2ccccc2)c1. The highest BCUT2D eigenvalue weighted by Crippen LogP contribution is 2.22. The standard InChI is InChI=1S/C23H21ClFN5OS/c24-21-10-5-11-22(25)20(21)16-31-19-9-4-6-17(14-19)15-26-12-13-32-23-27-28-29-30(23)18-7-2-1-3-8-18/h1-11,14,26H,12-13,15-16H2. The van der Waals surface area contributed by atoms with Crippen LogP contribution in [-0.2, 0) is 13.2 Å². The summed E-state index contributed by atoms with van der Waals surface area (Å²) in [5.41, 5.74) is 2.36. The molecule has 0 aliphatic carbocycles. The molecule has 164 valence electrons. The maximum atomic E-state index is 13.9. The molecular weight excluding hydrogens is 449 g/mol. The van der Waals surface area contributed by atoms with E-state index < -0.39 is 0 Å². The Hall–Kier alpha value is -2.94. The predicted octanol–water partition coefficient (Wildman–Crippen LogP) is 4.92. The number of nitrogens with one attached hydrogen (secondary N) is 1. The molecule has 1 heterocycles. The van der Waals surface area contributed by atoms with E-state index in [2.05, 4.69) is 20.8 Å². The molecule has 0 aliphatic rings. The number of ether oxygens (including phenoxy) is 1. The molecule has 0 atom stereocenters. The summed E-state index contributed by atoms with van der Waals surface area (Å²) in [4.78, 5) is 0. The highest BCUT2D eigenvalue weighted by Gasteiger charge is 2.09. The van der Waals surface area contributed by atoms with Crippen molar-refractivity contribution in [1.82, 2.24) is 25.5 Å². The van der Waals surface area contributed by atoms with Crippen molar-refractivity contribution in [3.05, 3.63) is 94.8 Å². The van der Waals surface area contributed by atoms with Gasteiger partial charge >= 0.3 is 0 Å². The van der Waals surface area contributed by atoms with E-state index in [0.29, 0.717) is 22.9 Å². The molecular formula is C23H21ClFN5OS. The summed E-state index contributed by atoms with van der Waals surface area (Å²) in [7, 11) is 0. The summed E-state index contributed by atoms with van der Waals surface area (Å²) < 4.78 is 21.4. The lowest BCUT2D eigenvalue weighted by atomic mass is 10.2. The summed E-state index contributed by atoms with van der Waals surface area (Å²) >= 11 is 7.65. The number of nitrogens with zero attached hydrogens (tertiary/aromatic N) is 4. The number of aromatic nitrogens is 4. The van der Waals surface area contributed by atoms with Crippen LogP contribution in [-0.4, -0.2) is 32.5 Å². The van der Waals surface area contributed by atoms with Gasteiger partial charge in [0.1, 0.15) is 18.2 Å².